The normalized spacial score (nSPS) is 15.7. The summed E-state index contributed by atoms with van der Waals surface area (Å²) in [5, 5.41) is 9.59. The molecule has 66 valence electrons. The molecule has 2 atom stereocenters. The van der Waals surface area contributed by atoms with E-state index in [4.69, 9.17) is 22.4 Å². The standard InChI is InChI=1S/C8H11ClN2O/c1-5(12)8(10)6-2-3-7(9)11-4-6/h2-5,8,12H,10H2,1H3/t5-,8-/m1/s1. The number of nitrogens with zero attached hydrogens (tertiary/aromatic N) is 1. The van der Waals surface area contributed by atoms with Crippen LogP contribution in [0.3, 0.4) is 0 Å². The molecule has 1 aromatic heterocycles. The summed E-state index contributed by atoms with van der Waals surface area (Å²) in [5.74, 6) is 0. The number of rotatable bonds is 2. The molecule has 0 unspecified atom stereocenters. The van der Waals surface area contributed by atoms with Crippen molar-refractivity contribution in [3.63, 3.8) is 0 Å². The SMILES string of the molecule is C[C@@H](O)[C@@H](N)c1ccc(Cl)nc1. The number of aliphatic hydroxyl groups is 1. The van der Waals surface area contributed by atoms with Crippen molar-refractivity contribution < 1.29 is 5.11 Å². The third-order valence-electron chi connectivity index (χ3n) is 1.65. The number of hydrogen-bond acceptors (Lipinski definition) is 3. The minimum absolute atomic E-state index is 0.394. The van der Waals surface area contributed by atoms with Gasteiger partial charge < -0.3 is 10.8 Å². The van der Waals surface area contributed by atoms with Gasteiger partial charge in [0.1, 0.15) is 5.15 Å². The van der Waals surface area contributed by atoms with E-state index in [9.17, 15) is 0 Å². The minimum Gasteiger partial charge on any atom is -0.391 e. The first-order valence-corrected chi connectivity index (χ1v) is 4.04. The number of halogens is 1. The molecule has 0 spiro atoms. The highest BCUT2D eigenvalue weighted by molar-refractivity contribution is 6.29. The highest BCUT2D eigenvalue weighted by Gasteiger charge is 2.11. The zero-order valence-corrected chi connectivity index (χ0v) is 7.49. The van der Waals surface area contributed by atoms with Gasteiger partial charge in [-0.15, -0.1) is 0 Å². The molecule has 1 heterocycles. The van der Waals surface area contributed by atoms with Crippen LogP contribution in [0.1, 0.15) is 18.5 Å². The van der Waals surface area contributed by atoms with Gasteiger partial charge in [0, 0.05) is 6.20 Å². The van der Waals surface area contributed by atoms with E-state index in [0.29, 0.717) is 5.15 Å². The van der Waals surface area contributed by atoms with Crippen LogP contribution in [0, 0.1) is 0 Å². The van der Waals surface area contributed by atoms with Crippen LogP contribution in [0.2, 0.25) is 5.15 Å². The predicted molar refractivity (Wildman–Crippen MR) is 47.9 cm³/mol. The summed E-state index contributed by atoms with van der Waals surface area (Å²) in [6, 6.07) is 3.01. The Kier molecular flexibility index (Phi) is 3.03. The second-order valence-corrected chi connectivity index (χ2v) is 3.07. The fraction of sp³-hybridized carbons (Fsp3) is 0.375. The van der Waals surface area contributed by atoms with Crippen molar-refractivity contribution in [2.75, 3.05) is 0 Å². The molecule has 0 aromatic carbocycles. The molecule has 3 N–H and O–H groups in total. The van der Waals surface area contributed by atoms with E-state index in [1.54, 1.807) is 25.3 Å². The maximum Gasteiger partial charge on any atom is 0.129 e. The van der Waals surface area contributed by atoms with Gasteiger partial charge in [0.15, 0.2) is 0 Å². The first-order chi connectivity index (χ1) is 5.61. The molecule has 0 amide bonds. The molecule has 0 radical (unpaired) electrons. The van der Waals surface area contributed by atoms with Crippen LogP contribution >= 0.6 is 11.6 Å². The molecule has 0 saturated carbocycles. The van der Waals surface area contributed by atoms with Crippen molar-refractivity contribution in [1.29, 1.82) is 0 Å². The Morgan fingerprint density at radius 2 is 2.25 bits per heavy atom. The number of aromatic nitrogens is 1. The van der Waals surface area contributed by atoms with Crippen LogP contribution < -0.4 is 5.73 Å². The quantitative estimate of drug-likeness (QED) is 0.681. The van der Waals surface area contributed by atoms with Gasteiger partial charge in [-0.1, -0.05) is 17.7 Å². The lowest BCUT2D eigenvalue weighted by molar-refractivity contribution is 0.164. The lowest BCUT2D eigenvalue weighted by Gasteiger charge is -2.13. The second kappa shape index (κ2) is 3.85. The number of hydrogen-bond donors (Lipinski definition) is 2. The second-order valence-electron chi connectivity index (χ2n) is 2.68. The molecule has 3 nitrogen and oxygen atoms in total. The Morgan fingerprint density at radius 1 is 1.58 bits per heavy atom. The summed E-state index contributed by atoms with van der Waals surface area (Å²) in [7, 11) is 0. The number of nitrogens with two attached hydrogens (primary N) is 1. The van der Waals surface area contributed by atoms with Crippen LogP contribution in [0.4, 0.5) is 0 Å². The topological polar surface area (TPSA) is 59.1 Å². The molecule has 1 rings (SSSR count). The monoisotopic (exact) mass is 186 g/mol. The Bertz CT molecular complexity index is 248. The summed E-state index contributed by atoms with van der Waals surface area (Å²) in [6.45, 7) is 1.64. The number of aliphatic hydroxyl groups excluding tert-OH is 1. The van der Waals surface area contributed by atoms with Gasteiger partial charge in [0.05, 0.1) is 12.1 Å². The first-order valence-electron chi connectivity index (χ1n) is 3.66. The molecule has 0 aliphatic carbocycles. The van der Waals surface area contributed by atoms with E-state index in [1.165, 1.54) is 0 Å². The van der Waals surface area contributed by atoms with Gasteiger partial charge in [0.25, 0.3) is 0 Å². The molecule has 0 bridgehead atoms. The maximum absolute atomic E-state index is 9.16. The van der Waals surface area contributed by atoms with Gasteiger partial charge in [-0.05, 0) is 18.6 Å². The van der Waals surface area contributed by atoms with Crippen LogP contribution in [0.25, 0.3) is 0 Å². The fourth-order valence-electron chi connectivity index (χ4n) is 0.863. The van der Waals surface area contributed by atoms with E-state index < -0.39 is 12.1 Å². The zero-order valence-electron chi connectivity index (χ0n) is 6.74. The van der Waals surface area contributed by atoms with E-state index in [-0.39, 0.29) is 0 Å². The molecule has 0 aliphatic rings. The van der Waals surface area contributed by atoms with Crippen molar-refractivity contribution in [3.05, 3.63) is 29.0 Å². The Hall–Kier alpha value is -0.640. The Labute approximate surface area is 76.2 Å². The third kappa shape index (κ3) is 2.17. The third-order valence-corrected chi connectivity index (χ3v) is 1.88. The zero-order chi connectivity index (χ0) is 9.14. The summed E-state index contributed by atoms with van der Waals surface area (Å²) < 4.78 is 0. The Morgan fingerprint density at radius 3 is 2.67 bits per heavy atom. The highest BCUT2D eigenvalue weighted by atomic mass is 35.5. The fourth-order valence-corrected chi connectivity index (χ4v) is 0.975. The maximum atomic E-state index is 9.16. The van der Waals surface area contributed by atoms with Crippen molar-refractivity contribution in [2.24, 2.45) is 5.73 Å². The minimum atomic E-state index is -0.576. The van der Waals surface area contributed by atoms with Gasteiger partial charge in [-0.3, -0.25) is 0 Å². The highest BCUT2D eigenvalue weighted by Crippen LogP contribution is 2.14. The molecule has 0 aliphatic heterocycles. The summed E-state index contributed by atoms with van der Waals surface area (Å²) in [4.78, 5) is 3.86. The average molecular weight is 187 g/mol. The molecule has 1 aromatic rings. The van der Waals surface area contributed by atoms with Gasteiger partial charge in [-0.2, -0.15) is 0 Å². The van der Waals surface area contributed by atoms with Crippen LogP contribution in [0.15, 0.2) is 18.3 Å². The Balaban J connectivity index is 2.82. The van der Waals surface area contributed by atoms with E-state index in [0.717, 1.165) is 5.56 Å². The van der Waals surface area contributed by atoms with E-state index in [2.05, 4.69) is 4.98 Å². The predicted octanol–water partition coefficient (Wildman–Crippen LogP) is 1.12. The lowest BCUT2D eigenvalue weighted by atomic mass is 10.1. The molecule has 0 fully saturated rings. The molecular formula is C8H11ClN2O. The van der Waals surface area contributed by atoms with E-state index in [1.807, 2.05) is 0 Å². The lowest BCUT2D eigenvalue weighted by Crippen LogP contribution is -2.23. The summed E-state index contributed by atoms with van der Waals surface area (Å²) in [5.41, 5.74) is 6.44. The largest absolute Gasteiger partial charge is 0.391 e. The smallest absolute Gasteiger partial charge is 0.129 e. The van der Waals surface area contributed by atoms with Crippen molar-refractivity contribution in [2.45, 2.75) is 19.1 Å². The van der Waals surface area contributed by atoms with Crippen LogP contribution in [-0.4, -0.2) is 16.2 Å². The molecular weight excluding hydrogens is 176 g/mol. The van der Waals surface area contributed by atoms with Crippen molar-refractivity contribution in [3.8, 4) is 0 Å². The summed E-state index contributed by atoms with van der Waals surface area (Å²) >= 11 is 5.58. The van der Waals surface area contributed by atoms with E-state index >= 15 is 0 Å². The van der Waals surface area contributed by atoms with Crippen molar-refractivity contribution in [1.82, 2.24) is 4.98 Å². The van der Waals surface area contributed by atoms with Gasteiger partial charge in [-0.25, -0.2) is 4.98 Å². The first kappa shape index (κ1) is 9.45. The average Bonchev–Trinajstić information content (AvgIpc) is 2.04. The van der Waals surface area contributed by atoms with Gasteiger partial charge in [0.2, 0.25) is 0 Å². The van der Waals surface area contributed by atoms with Crippen LogP contribution in [-0.2, 0) is 0 Å². The number of pyridine rings is 1. The molecule has 12 heavy (non-hydrogen) atoms. The van der Waals surface area contributed by atoms with Crippen molar-refractivity contribution >= 4 is 11.6 Å². The summed E-state index contributed by atoms with van der Waals surface area (Å²) in [6.07, 6.45) is 0.993. The molecule has 4 heteroatoms. The van der Waals surface area contributed by atoms with Crippen LogP contribution in [0.5, 0.6) is 0 Å². The molecule has 0 saturated heterocycles. The van der Waals surface area contributed by atoms with Gasteiger partial charge >= 0.3 is 0 Å².